The Labute approximate surface area is 102 Å². The van der Waals surface area contributed by atoms with Gasteiger partial charge in [-0.2, -0.15) is 0 Å². The third-order valence-corrected chi connectivity index (χ3v) is 4.42. The molecule has 1 aliphatic rings. The smallest absolute Gasteiger partial charge is 0.0115 e. The van der Waals surface area contributed by atoms with Crippen molar-refractivity contribution in [3.05, 3.63) is 0 Å². The molecule has 0 radical (unpaired) electrons. The summed E-state index contributed by atoms with van der Waals surface area (Å²) in [5.74, 6) is 2.76. The molecule has 0 aromatic heterocycles. The van der Waals surface area contributed by atoms with E-state index < -0.39 is 0 Å². The second-order valence-electron chi connectivity index (χ2n) is 5.98. The summed E-state index contributed by atoms with van der Waals surface area (Å²) in [6.45, 7) is 7.01. The quantitative estimate of drug-likeness (QED) is 0.713. The van der Waals surface area contributed by atoms with Crippen LogP contribution in [0.3, 0.4) is 0 Å². The minimum atomic E-state index is 0.743. The van der Waals surface area contributed by atoms with E-state index in [2.05, 4.69) is 33.1 Å². The van der Waals surface area contributed by atoms with Gasteiger partial charge in [0.1, 0.15) is 0 Å². The van der Waals surface area contributed by atoms with E-state index in [0.29, 0.717) is 0 Å². The first-order valence-electron chi connectivity index (χ1n) is 7.36. The van der Waals surface area contributed by atoms with Crippen LogP contribution in [0.15, 0.2) is 0 Å². The predicted octanol–water partition coefficient (Wildman–Crippen LogP) is 4.23. The Morgan fingerprint density at radius 2 is 1.75 bits per heavy atom. The molecule has 0 aromatic carbocycles. The summed E-state index contributed by atoms with van der Waals surface area (Å²) in [5, 5.41) is 3.53. The number of hydrogen-bond acceptors (Lipinski definition) is 1. The van der Waals surface area contributed by atoms with Crippen LogP contribution >= 0.6 is 0 Å². The Hall–Kier alpha value is -0.0400. The lowest BCUT2D eigenvalue weighted by Crippen LogP contribution is -2.39. The van der Waals surface area contributed by atoms with Crippen molar-refractivity contribution in [3.63, 3.8) is 0 Å². The van der Waals surface area contributed by atoms with E-state index in [4.69, 9.17) is 0 Å². The van der Waals surface area contributed by atoms with Crippen LogP contribution in [-0.2, 0) is 0 Å². The van der Waals surface area contributed by atoms with Crippen molar-refractivity contribution < 1.29 is 0 Å². The zero-order chi connectivity index (χ0) is 12.0. The standard InChI is InChI=1S/C15H31N/c1-5-6-7-13-8-10-14(11-9-13)15(16-4)12(2)3/h12-16H,5-11H2,1-4H3. The van der Waals surface area contributed by atoms with Gasteiger partial charge in [0.2, 0.25) is 0 Å². The first-order chi connectivity index (χ1) is 7.69. The summed E-state index contributed by atoms with van der Waals surface area (Å²) >= 11 is 0. The molecular weight excluding hydrogens is 194 g/mol. The first-order valence-corrected chi connectivity index (χ1v) is 7.36. The Kier molecular flexibility index (Phi) is 6.41. The molecule has 1 atom stereocenters. The third-order valence-electron chi connectivity index (χ3n) is 4.42. The molecule has 0 spiro atoms. The van der Waals surface area contributed by atoms with E-state index in [9.17, 15) is 0 Å². The van der Waals surface area contributed by atoms with Gasteiger partial charge >= 0.3 is 0 Å². The topological polar surface area (TPSA) is 12.0 Å². The van der Waals surface area contributed by atoms with Crippen LogP contribution in [-0.4, -0.2) is 13.1 Å². The van der Waals surface area contributed by atoms with Gasteiger partial charge < -0.3 is 5.32 Å². The largest absolute Gasteiger partial charge is 0.316 e. The number of hydrogen-bond donors (Lipinski definition) is 1. The Morgan fingerprint density at radius 3 is 2.19 bits per heavy atom. The summed E-state index contributed by atoms with van der Waals surface area (Å²) in [6.07, 6.45) is 10.2. The summed E-state index contributed by atoms with van der Waals surface area (Å²) in [7, 11) is 2.13. The molecular formula is C15H31N. The third kappa shape index (κ3) is 4.08. The molecule has 1 N–H and O–H groups in total. The maximum Gasteiger partial charge on any atom is 0.0115 e. The molecule has 0 bridgehead atoms. The van der Waals surface area contributed by atoms with Gasteiger partial charge in [0.15, 0.2) is 0 Å². The van der Waals surface area contributed by atoms with Gasteiger partial charge in [-0.1, -0.05) is 52.9 Å². The summed E-state index contributed by atoms with van der Waals surface area (Å²) in [5.41, 5.74) is 0. The Bertz CT molecular complexity index is 168. The summed E-state index contributed by atoms with van der Waals surface area (Å²) in [6, 6.07) is 0.743. The van der Waals surface area contributed by atoms with Gasteiger partial charge in [0.05, 0.1) is 0 Å². The van der Waals surface area contributed by atoms with Crippen molar-refractivity contribution >= 4 is 0 Å². The fourth-order valence-electron chi connectivity index (χ4n) is 3.44. The van der Waals surface area contributed by atoms with Crippen molar-refractivity contribution in [1.82, 2.24) is 5.32 Å². The molecule has 16 heavy (non-hydrogen) atoms. The molecule has 1 aliphatic carbocycles. The molecule has 1 rings (SSSR count). The van der Waals surface area contributed by atoms with Crippen molar-refractivity contribution in [2.75, 3.05) is 7.05 Å². The number of rotatable bonds is 6. The summed E-state index contributed by atoms with van der Waals surface area (Å²) in [4.78, 5) is 0. The number of unbranched alkanes of at least 4 members (excludes halogenated alkanes) is 1. The minimum absolute atomic E-state index is 0.743. The second-order valence-corrected chi connectivity index (χ2v) is 5.98. The molecule has 0 aromatic rings. The minimum Gasteiger partial charge on any atom is -0.316 e. The lowest BCUT2D eigenvalue weighted by atomic mass is 9.74. The van der Waals surface area contributed by atoms with E-state index in [-0.39, 0.29) is 0 Å². The average Bonchev–Trinajstić information content (AvgIpc) is 2.28. The molecule has 1 heteroatoms. The van der Waals surface area contributed by atoms with Crippen molar-refractivity contribution in [2.24, 2.45) is 17.8 Å². The zero-order valence-electron chi connectivity index (χ0n) is 11.8. The molecule has 1 fully saturated rings. The lowest BCUT2D eigenvalue weighted by molar-refractivity contribution is 0.189. The van der Waals surface area contributed by atoms with Crippen LogP contribution < -0.4 is 5.32 Å². The van der Waals surface area contributed by atoms with Gasteiger partial charge in [0.25, 0.3) is 0 Å². The van der Waals surface area contributed by atoms with Crippen LogP contribution in [0, 0.1) is 17.8 Å². The van der Waals surface area contributed by atoms with Crippen LogP contribution in [0.1, 0.15) is 65.7 Å². The Morgan fingerprint density at radius 1 is 1.12 bits per heavy atom. The van der Waals surface area contributed by atoms with E-state index in [1.165, 1.54) is 44.9 Å². The van der Waals surface area contributed by atoms with Gasteiger partial charge in [-0.15, -0.1) is 0 Å². The van der Waals surface area contributed by atoms with Crippen LogP contribution in [0.4, 0.5) is 0 Å². The van der Waals surface area contributed by atoms with E-state index in [1.54, 1.807) is 0 Å². The second kappa shape index (κ2) is 7.32. The fraction of sp³-hybridized carbons (Fsp3) is 1.00. The highest BCUT2D eigenvalue weighted by molar-refractivity contribution is 4.82. The molecule has 1 saturated carbocycles. The highest BCUT2D eigenvalue weighted by atomic mass is 14.9. The van der Waals surface area contributed by atoms with E-state index in [0.717, 1.165) is 23.8 Å². The molecule has 96 valence electrons. The number of nitrogens with one attached hydrogen (secondary N) is 1. The highest BCUT2D eigenvalue weighted by Crippen LogP contribution is 2.35. The van der Waals surface area contributed by atoms with E-state index >= 15 is 0 Å². The molecule has 0 saturated heterocycles. The van der Waals surface area contributed by atoms with E-state index in [1.807, 2.05) is 0 Å². The summed E-state index contributed by atoms with van der Waals surface area (Å²) < 4.78 is 0. The average molecular weight is 225 g/mol. The SMILES string of the molecule is CCCCC1CCC(C(NC)C(C)C)CC1. The maximum atomic E-state index is 3.53. The molecule has 1 nitrogen and oxygen atoms in total. The van der Waals surface area contributed by atoms with Gasteiger partial charge in [0, 0.05) is 6.04 Å². The normalized spacial score (nSPS) is 28.3. The first kappa shape index (κ1) is 14.0. The van der Waals surface area contributed by atoms with Gasteiger partial charge in [-0.05, 0) is 37.6 Å². The van der Waals surface area contributed by atoms with Crippen LogP contribution in [0.5, 0.6) is 0 Å². The van der Waals surface area contributed by atoms with Crippen molar-refractivity contribution in [1.29, 1.82) is 0 Å². The molecule has 0 heterocycles. The monoisotopic (exact) mass is 225 g/mol. The lowest BCUT2D eigenvalue weighted by Gasteiger charge is -2.35. The fourth-order valence-corrected chi connectivity index (χ4v) is 3.44. The van der Waals surface area contributed by atoms with Crippen LogP contribution in [0.2, 0.25) is 0 Å². The molecule has 0 aliphatic heterocycles. The van der Waals surface area contributed by atoms with Crippen molar-refractivity contribution in [3.8, 4) is 0 Å². The van der Waals surface area contributed by atoms with Gasteiger partial charge in [-0.25, -0.2) is 0 Å². The van der Waals surface area contributed by atoms with Crippen molar-refractivity contribution in [2.45, 2.75) is 71.8 Å². The van der Waals surface area contributed by atoms with Gasteiger partial charge in [-0.3, -0.25) is 0 Å². The van der Waals surface area contributed by atoms with Crippen LogP contribution in [0.25, 0.3) is 0 Å². The molecule has 0 amide bonds. The Balaban J connectivity index is 2.30. The predicted molar refractivity (Wildman–Crippen MR) is 72.7 cm³/mol. The highest BCUT2D eigenvalue weighted by Gasteiger charge is 2.27. The maximum absolute atomic E-state index is 3.53. The molecule has 1 unspecified atom stereocenters. The zero-order valence-corrected chi connectivity index (χ0v) is 11.8.